The Bertz CT molecular complexity index is 198. The van der Waals surface area contributed by atoms with Crippen LogP contribution in [0.2, 0.25) is 0 Å². The lowest BCUT2D eigenvalue weighted by Gasteiger charge is -2.03. The van der Waals surface area contributed by atoms with E-state index in [9.17, 15) is 9.59 Å². The number of unbranched alkanes of at least 4 members (excludes halogenated alkanes) is 2. The zero-order valence-electron chi connectivity index (χ0n) is 9.00. The van der Waals surface area contributed by atoms with Gasteiger partial charge in [0, 0.05) is 19.4 Å². The van der Waals surface area contributed by atoms with Crippen molar-refractivity contribution in [2.24, 2.45) is 5.73 Å². The molecule has 0 aliphatic heterocycles. The Morgan fingerprint density at radius 2 is 1.80 bits per heavy atom. The fourth-order valence-corrected chi connectivity index (χ4v) is 1.38. The first-order valence-electron chi connectivity index (χ1n) is 5.32. The summed E-state index contributed by atoms with van der Waals surface area (Å²) in [6, 6.07) is 0. The SMILES string of the molecule is NC(=O)CCCC(=O)NCCCCCS. The first-order valence-corrected chi connectivity index (χ1v) is 5.96. The van der Waals surface area contributed by atoms with Gasteiger partial charge in [-0.3, -0.25) is 9.59 Å². The van der Waals surface area contributed by atoms with Gasteiger partial charge in [0.05, 0.1) is 0 Å². The predicted molar refractivity (Wildman–Crippen MR) is 63.8 cm³/mol. The highest BCUT2D eigenvalue weighted by atomic mass is 32.1. The standard InChI is InChI=1S/C10H20N2O2S/c11-9(13)5-4-6-10(14)12-7-2-1-3-8-15/h15H,1-8H2,(H2,11,13)(H,12,14). The lowest BCUT2D eigenvalue weighted by Crippen LogP contribution is -2.24. The van der Waals surface area contributed by atoms with Gasteiger partial charge in [-0.05, 0) is 25.0 Å². The van der Waals surface area contributed by atoms with Gasteiger partial charge in [-0.2, -0.15) is 12.6 Å². The molecule has 5 heteroatoms. The molecule has 15 heavy (non-hydrogen) atoms. The van der Waals surface area contributed by atoms with Gasteiger partial charge in [0.25, 0.3) is 0 Å². The van der Waals surface area contributed by atoms with Crippen LogP contribution >= 0.6 is 12.6 Å². The average Bonchev–Trinajstić information content (AvgIpc) is 2.17. The topological polar surface area (TPSA) is 72.2 Å². The van der Waals surface area contributed by atoms with E-state index in [0.717, 1.165) is 25.0 Å². The second kappa shape index (κ2) is 9.83. The molecule has 0 aliphatic rings. The third-order valence-electron chi connectivity index (χ3n) is 1.98. The molecule has 0 atom stereocenters. The maximum atomic E-state index is 11.2. The van der Waals surface area contributed by atoms with Crippen LogP contribution in [0.5, 0.6) is 0 Å². The molecule has 0 saturated heterocycles. The molecule has 2 amide bonds. The number of thiol groups is 1. The molecule has 0 heterocycles. The van der Waals surface area contributed by atoms with Gasteiger partial charge in [-0.25, -0.2) is 0 Å². The molecular weight excluding hydrogens is 212 g/mol. The van der Waals surface area contributed by atoms with Gasteiger partial charge >= 0.3 is 0 Å². The van der Waals surface area contributed by atoms with E-state index in [1.807, 2.05) is 0 Å². The Balaban J connectivity index is 3.22. The third kappa shape index (κ3) is 11.2. The lowest BCUT2D eigenvalue weighted by molar-refractivity contribution is -0.121. The molecule has 3 N–H and O–H groups in total. The summed E-state index contributed by atoms with van der Waals surface area (Å²) in [5.74, 6) is 0.547. The molecule has 0 aromatic carbocycles. The van der Waals surface area contributed by atoms with E-state index in [2.05, 4.69) is 17.9 Å². The van der Waals surface area contributed by atoms with Crippen LogP contribution in [0.15, 0.2) is 0 Å². The highest BCUT2D eigenvalue weighted by Gasteiger charge is 2.01. The third-order valence-corrected chi connectivity index (χ3v) is 2.30. The molecule has 0 aliphatic carbocycles. The van der Waals surface area contributed by atoms with Crippen LogP contribution < -0.4 is 11.1 Å². The highest BCUT2D eigenvalue weighted by Crippen LogP contribution is 1.97. The van der Waals surface area contributed by atoms with E-state index < -0.39 is 0 Å². The fraction of sp³-hybridized carbons (Fsp3) is 0.800. The molecule has 0 radical (unpaired) electrons. The van der Waals surface area contributed by atoms with Crippen molar-refractivity contribution < 1.29 is 9.59 Å². The maximum Gasteiger partial charge on any atom is 0.220 e. The van der Waals surface area contributed by atoms with Crippen molar-refractivity contribution in [2.75, 3.05) is 12.3 Å². The molecule has 0 fully saturated rings. The fourth-order valence-electron chi connectivity index (χ4n) is 1.15. The summed E-state index contributed by atoms with van der Waals surface area (Å²) in [6.45, 7) is 0.711. The first kappa shape index (κ1) is 14.3. The second-order valence-electron chi connectivity index (χ2n) is 3.45. The van der Waals surface area contributed by atoms with Crippen LogP contribution in [-0.4, -0.2) is 24.1 Å². The van der Waals surface area contributed by atoms with Crippen LogP contribution in [0.1, 0.15) is 38.5 Å². The predicted octanol–water partition coefficient (Wildman–Crippen LogP) is 0.858. The lowest BCUT2D eigenvalue weighted by atomic mass is 10.2. The quantitative estimate of drug-likeness (QED) is 0.407. The van der Waals surface area contributed by atoms with Crippen LogP contribution in [-0.2, 0) is 9.59 Å². The second-order valence-corrected chi connectivity index (χ2v) is 3.90. The minimum atomic E-state index is -0.350. The van der Waals surface area contributed by atoms with Gasteiger partial charge in [0.15, 0.2) is 0 Å². The van der Waals surface area contributed by atoms with Gasteiger partial charge in [0.2, 0.25) is 11.8 Å². The summed E-state index contributed by atoms with van der Waals surface area (Å²) < 4.78 is 0. The first-order chi connectivity index (χ1) is 7.16. The number of carbonyl (C=O) groups excluding carboxylic acids is 2. The molecule has 0 saturated carbocycles. The number of nitrogens with one attached hydrogen (secondary N) is 1. The van der Waals surface area contributed by atoms with E-state index >= 15 is 0 Å². The summed E-state index contributed by atoms with van der Waals surface area (Å²) in [6.07, 6.45) is 4.37. The highest BCUT2D eigenvalue weighted by molar-refractivity contribution is 7.80. The van der Waals surface area contributed by atoms with Gasteiger partial charge in [-0.15, -0.1) is 0 Å². The van der Waals surface area contributed by atoms with Crippen molar-refractivity contribution in [1.82, 2.24) is 5.32 Å². The molecule has 0 aromatic heterocycles. The summed E-state index contributed by atoms with van der Waals surface area (Å²) >= 11 is 4.10. The maximum absolute atomic E-state index is 11.2. The van der Waals surface area contributed by atoms with Gasteiger partial charge in [0.1, 0.15) is 0 Å². The number of nitrogens with two attached hydrogens (primary N) is 1. The van der Waals surface area contributed by atoms with E-state index in [4.69, 9.17) is 5.73 Å². The molecule has 88 valence electrons. The number of primary amides is 1. The van der Waals surface area contributed by atoms with Crippen LogP contribution in [0, 0.1) is 0 Å². The number of amides is 2. The summed E-state index contributed by atoms with van der Waals surface area (Å²) in [7, 11) is 0. The van der Waals surface area contributed by atoms with E-state index in [-0.39, 0.29) is 18.2 Å². The number of rotatable bonds is 9. The molecule has 0 unspecified atom stereocenters. The normalized spacial score (nSPS) is 9.93. The van der Waals surface area contributed by atoms with E-state index in [1.165, 1.54) is 0 Å². The summed E-state index contributed by atoms with van der Waals surface area (Å²) in [4.78, 5) is 21.6. The van der Waals surface area contributed by atoms with Crippen molar-refractivity contribution in [2.45, 2.75) is 38.5 Å². The van der Waals surface area contributed by atoms with Gasteiger partial charge < -0.3 is 11.1 Å². The minimum absolute atomic E-state index is 0.00197. The zero-order valence-corrected chi connectivity index (χ0v) is 9.89. The Labute approximate surface area is 96.4 Å². The number of hydrogen-bond acceptors (Lipinski definition) is 3. The Morgan fingerprint density at radius 3 is 2.40 bits per heavy atom. The molecular formula is C10H20N2O2S. The van der Waals surface area contributed by atoms with Gasteiger partial charge in [-0.1, -0.05) is 6.42 Å². The Hall–Kier alpha value is -0.710. The Morgan fingerprint density at radius 1 is 1.07 bits per heavy atom. The minimum Gasteiger partial charge on any atom is -0.370 e. The molecule has 0 spiro atoms. The van der Waals surface area contributed by atoms with Crippen LogP contribution in [0.25, 0.3) is 0 Å². The number of hydrogen-bond donors (Lipinski definition) is 3. The summed E-state index contributed by atoms with van der Waals surface area (Å²) in [5, 5.41) is 2.80. The van der Waals surface area contributed by atoms with Crippen molar-refractivity contribution in [3.63, 3.8) is 0 Å². The number of carbonyl (C=O) groups is 2. The Kier molecular flexibility index (Phi) is 9.36. The largest absolute Gasteiger partial charge is 0.370 e. The summed E-state index contributed by atoms with van der Waals surface area (Å²) in [5.41, 5.74) is 4.96. The van der Waals surface area contributed by atoms with Crippen molar-refractivity contribution >= 4 is 24.4 Å². The molecule has 0 aromatic rings. The zero-order chi connectivity index (χ0) is 11.5. The average molecular weight is 232 g/mol. The monoisotopic (exact) mass is 232 g/mol. The molecule has 0 rings (SSSR count). The van der Waals surface area contributed by atoms with Crippen molar-refractivity contribution in [3.8, 4) is 0 Å². The smallest absolute Gasteiger partial charge is 0.220 e. The van der Waals surface area contributed by atoms with Crippen molar-refractivity contribution in [3.05, 3.63) is 0 Å². The van der Waals surface area contributed by atoms with E-state index in [0.29, 0.717) is 19.4 Å². The molecule has 4 nitrogen and oxygen atoms in total. The van der Waals surface area contributed by atoms with Crippen molar-refractivity contribution in [1.29, 1.82) is 0 Å². The molecule has 0 bridgehead atoms. The van der Waals surface area contributed by atoms with Crippen LogP contribution in [0.3, 0.4) is 0 Å². The van der Waals surface area contributed by atoms with E-state index in [1.54, 1.807) is 0 Å². The van der Waals surface area contributed by atoms with Crippen LogP contribution in [0.4, 0.5) is 0 Å².